The number of furan rings is 1. The highest BCUT2D eigenvalue weighted by molar-refractivity contribution is 6.35. The molecule has 0 saturated carbocycles. The van der Waals surface area contributed by atoms with E-state index in [-0.39, 0.29) is 5.91 Å². The van der Waals surface area contributed by atoms with E-state index in [1.165, 1.54) is 12.4 Å². The second-order valence-electron chi connectivity index (χ2n) is 4.84. The van der Waals surface area contributed by atoms with Crippen LogP contribution in [0.15, 0.2) is 53.4 Å². The summed E-state index contributed by atoms with van der Waals surface area (Å²) < 4.78 is 5.20. The van der Waals surface area contributed by atoms with Gasteiger partial charge in [0.2, 0.25) is 5.95 Å². The fourth-order valence-corrected chi connectivity index (χ4v) is 2.47. The van der Waals surface area contributed by atoms with Crippen LogP contribution in [-0.2, 0) is 6.54 Å². The van der Waals surface area contributed by atoms with Gasteiger partial charge in [0.15, 0.2) is 0 Å². The third-order valence-electron chi connectivity index (χ3n) is 3.04. The number of nitrogens with one attached hydrogen (secondary N) is 2. The molecule has 0 unspecified atom stereocenters. The SMILES string of the molecule is O=C(Nc1cc(Cl)cc(Cl)c1)c1cnc(NCc2ccco2)nc1. The molecule has 0 saturated heterocycles. The zero-order chi connectivity index (χ0) is 16.9. The number of benzene rings is 1. The molecule has 0 fully saturated rings. The fraction of sp³-hybridized carbons (Fsp3) is 0.0625. The molecule has 0 spiro atoms. The molecule has 3 rings (SSSR count). The van der Waals surface area contributed by atoms with E-state index < -0.39 is 0 Å². The average Bonchev–Trinajstić information content (AvgIpc) is 3.06. The lowest BCUT2D eigenvalue weighted by Gasteiger charge is -2.07. The van der Waals surface area contributed by atoms with Gasteiger partial charge in [-0.2, -0.15) is 0 Å². The summed E-state index contributed by atoms with van der Waals surface area (Å²) in [6.07, 6.45) is 4.45. The topological polar surface area (TPSA) is 80.0 Å². The fourth-order valence-electron chi connectivity index (χ4n) is 1.95. The number of hydrogen-bond acceptors (Lipinski definition) is 5. The molecular formula is C16H12Cl2N4O2. The number of hydrogen-bond donors (Lipinski definition) is 2. The molecule has 0 bridgehead atoms. The monoisotopic (exact) mass is 362 g/mol. The van der Waals surface area contributed by atoms with Crippen molar-refractivity contribution in [2.45, 2.75) is 6.54 Å². The molecule has 0 aliphatic rings. The average molecular weight is 363 g/mol. The Hall–Kier alpha value is -2.57. The predicted molar refractivity (Wildman–Crippen MR) is 92.5 cm³/mol. The smallest absolute Gasteiger partial charge is 0.258 e. The minimum absolute atomic E-state index is 0.314. The van der Waals surface area contributed by atoms with Crippen LogP contribution in [0.4, 0.5) is 11.6 Å². The van der Waals surface area contributed by atoms with E-state index >= 15 is 0 Å². The summed E-state index contributed by atoms with van der Waals surface area (Å²) in [5, 5.41) is 6.56. The van der Waals surface area contributed by atoms with Crippen LogP contribution in [0.3, 0.4) is 0 Å². The molecule has 2 heterocycles. The van der Waals surface area contributed by atoms with E-state index in [9.17, 15) is 4.79 Å². The van der Waals surface area contributed by atoms with Crippen molar-refractivity contribution in [3.05, 3.63) is 70.4 Å². The molecule has 2 aromatic heterocycles. The Labute approximate surface area is 147 Å². The Balaban J connectivity index is 1.63. The second kappa shape index (κ2) is 7.33. The minimum Gasteiger partial charge on any atom is -0.467 e. The lowest BCUT2D eigenvalue weighted by molar-refractivity contribution is 0.102. The molecule has 3 aromatic rings. The van der Waals surface area contributed by atoms with Gasteiger partial charge >= 0.3 is 0 Å². The second-order valence-corrected chi connectivity index (χ2v) is 5.71. The van der Waals surface area contributed by atoms with Crippen LogP contribution in [0.2, 0.25) is 10.0 Å². The normalized spacial score (nSPS) is 10.4. The number of carbonyl (C=O) groups is 1. The first-order chi connectivity index (χ1) is 11.6. The van der Waals surface area contributed by atoms with Crippen LogP contribution in [-0.4, -0.2) is 15.9 Å². The lowest BCUT2D eigenvalue weighted by Crippen LogP contribution is -2.13. The Morgan fingerprint density at radius 2 is 1.83 bits per heavy atom. The molecule has 8 heteroatoms. The van der Waals surface area contributed by atoms with E-state index in [1.807, 2.05) is 6.07 Å². The van der Waals surface area contributed by atoms with Crippen molar-refractivity contribution in [1.29, 1.82) is 0 Å². The molecule has 0 aliphatic heterocycles. The molecule has 1 amide bonds. The Morgan fingerprint density at radius 3 is 2.46 bits per heavy atom. The van der Waals surface area contributed by atoms with Crippen LogP contribution in [0.25, 0.3) is 0 Å². The van der Waals surface area contributed by atoms with E-state index in [0.29, 0.717) is 33.8 Å². The van der Waals surface area contributed by atoms with Gasteiger partial charge in [-0.1, -0.05) is 23.2 Å². The summed E-state index contributed by atoms with van der Waals surface area (Å²) >= 11 is 11.8. The molecule has 2 N–H and O–H groups in total. The summed E-state index contributed by atoms with van der Waals surface area (Å²) in [5.41, 5.74) is 0.812. The van der Waals surface area contributed by atoms with E-state index in [0.717, 1.165) is 5.76 Å². The highest BCUT2D eigenvalue weighted by Gasteiger charge is 2.09. The Morgan fingerprint density at radius 1 is 1.12 bits per heavy atom. The van der Waals surface area contributed by atoms with Crippen LogP contribution >= 0.6 is 23.2 Å². The van der Waals surface area contributed by atoms with E-state index in [1.54, 1.807) is 30.5 Å². The number of anilines is 2. The van der Waals surface area contributed by atoms with Gasteiger partial charge in [-0.05, 0) is 30.3 Å². The quantitative estimate of drug-likeness (QED) is 0.709. The molecule has 0 radical (unpaired) electrons. The van der Waals surface area contributed by atoms with Crippen molar-refractivity contribution in [2.24, 2.45) is 0 Å². The molecule has 6 nitrogen and oxygen atoms in total. The highest BCUT2D eigenvalue weighted by atomic mass is 35.5. The van der Waals surface area contributed by atoms with Crippen molar-refractivity contribution < 1.29 is 9.21 Å². The maximum Gasteiger partial charge on any atom is 0.258 e. The van der Waals surface area contributed by atoms with Crippen molar-refractivity contribution in [3.63, 3.8) is 0 Å². The molecular weight excluding hydrogens is 351 g/mol. The summed E-state index contributed by atoms with van der Waals surface area (Å²) in [6.45, 7) is 0.458. The van der Waals surface area contributed by atoms with Gasteiger partial charge in [-0.25, -0.2) is 9.97 Å². The zero-order valence-corrected chi connectivity index (χ0v) is 13.8. The Kier molecular flexibility index (Phi) is 4.98. The Bertz CT molecular complexity index is 816. The van der Waals surface area contributed by atoms with Gasteiger partial charge in [0.1, 0.15) is 5.76 Å². The van der Waals surface area contributed by atoms with Crippen molar-refractivity contribution in [1.82, 2.24) is 9.97 Å². The molecule has 24 heavy (non-hydrogen) atoms. The van der Waals surface area contributed by atoms with Gasteiger partial charge < -0.3 is 15.1 Å². The number of rotatable bonds is 5. The maximum atomic E-state index is 12.2. The number of carbonyl (C=O) groups excluding carboxylic acids is 1. The molecule has 122 valence electrons. The maximum absolute atomic E-state index is 12.2. The van der Waals surface area contributed by atoms with Crippen LogP contribution < -0.4 is 10.6 Å². The summed E-state index contributed by atoms with van der Waals surface area (Å²) in [7, 11) is 0. The first-order valence-electron chi connectivity index (χ1n) is 6.96. The standard InChI is InChI=1S/C16H12Cl2N4O2/c17-11-4-12(18)6-13(5-11)22-15(23)10-7-19-16(20-8-10)21-9-14-2-1-3-24-14/h1-8H,9H2,(H,22,23)(H,19,20,21). The number of nitrogens with zero attached hydrogens (tertiary/aromatic N) is 2. The van der Waals surface area contributed by atoms with Crippen molar-refractivity contribution >= 4 is 40.7 Å². The number of halogens is 2. The predicted octanol–water partition coefficient (Wildman–Crippen LogP) is 4.24. The summed E-state index contributed by atoms with van der Waals surface area (Å²) in [4.78, 5) is 20.4. The summed E-state index contributed by atoms with van der Waals surface area (Å²) in [5.74, 6) is 0.804. The minimum atomic E-state index is -0.356. The largest absolute Gasteiger partial charge is 0.467 e. The number of amides is 1. The van der Waals surface area contributed by atoms with Gasteiger partial charge in [0.05, 0.1) is 18.4 Å². The van der Waals surface area contributed by atoms with Gasteiger partial charge in [-0.15, -0.1) is 0 Å². The van der Waals surface area contributed by atoms with E-state index in [4.69, 9.17) is 27.6 Å². The molecule has 0 aliphatic carbocycles. The van der Waals surface area contributed by atoms with Crippen LogP contribution in [0, 0.1) is 0 Å². The number of aromatic nitrogens is 2. The third kappa shape index (κ3) is 4.24. The van der Waals surface area contributed by atoms with Crippen LogP contribution in [0.5, 0.6) is 0 Å². The third-order valence-corrected chi connectivity index (χ3v) is 3.47. The van der Waals surface area contributed by atoms with Gasteiger partial charge in [0.25, 0.3) is 5.91 Å². The molecule has 1 aromatic carbocycles. The lowest BCUT2D eigenvalue weighted by atomic mass is 10.3. The van der Waals surface area contributed by atoms with Crippen molar-refractivity contribution in [2.75, 3.05) is 10.6 Å². The van der Waals surface area contributed by atoms with Crippen molar-refractivity contribution in [3.8, 4) is 0 Å². The first-order valence-corrected chi connectivity index (χ1v) is 7.71. The summed E-state index contributed by atoms with van der Waals surface area (Å²) in [6, 6.07) is 8.43. The van der Waals surface area contributed by atoms with Gasteiger partial charge in [-0.3, -0.25) is 4.79 Å². The van der Waals surface area contributed by atoms with Gasteiger partial charge in [0, 0.05) is 28.1 Å². The van der Waals surface area contributed by atoms with Crippen LogP contribution in [0.1, 0.15) is 16.1 Å². The zero-order valence-electron chi connectivity index (χ0n) is 12.3. The molecule has 0 atom stereocenters. The van der Waals surface area contributed by atoms with E-state index in [2.05, 4.69) is 20.6 Å². The first kappa shape index (κ1) is 16.3. The highest BCUT2D eigenvalue weighted by Crippen LogP contribution is 2.22.